The van der Waals surface area contributed by atoms with Gasteiger partial charge in [0.25, 0.3) is 0 Å². The average Bonchev–Trinajstić information content (AvgIpc) is 2.88. The van der Waals surface area contributed by atoms with Crippen LogP contribution >= 0.6 is 35.8 Å². The van der Waals surface area contributed by atoms with E-state index in [1.807, 2.05) is 6.07 Å². The second kappa shape index (κ2) is 7.20. The first kappa shape index (κ1) is 15.5. The number of hydrogen-bond donors (Lipinski definition) is 2. The second-order valence-corrected chi connectivity index (χ2v) is 5.66. The maximum Gasteiger partial charge on any atom is 0.225 e. The van der Waals surface area contributed by atoms with Gasteiger partial charge >= 0.3 is 0 Å². The van der Waals surface area contributed by atoms with E-state index < -0.39 is 0 Å². The van der Waals surface area contributed by atoms with Crippen LogP contribution in [0.2, 0.25) is 10.0 Å². The molecule has 0 aromatic heterocycles. The predicted octanol–water partition coefficient (Wildman–Crippen LogP) is 3.34. The average molecular weight is 332 g/mol. The van der Waals surface area contributed by atoms with Gasteiger partial charge in [-0.25, -0.2) is 0 Å². The number of carbonyl (C=O) groups is 1. The molecule has 0 radical (unpaired) electrons. The zero-order valence-electron chi connectivity index (χ0n) is 10.8. The van der Waals surface area contributed by atoms with E-state index >= 15 is 0 Å². The van der Waals surface area contributed by atoms with Crippen LogP contribution in [0.25, 0.3) is 0 Å². The minimum absolute atomic E-state index is 0.0196. The number of benzene rings is 1. The molecule has 1 heterocycles. The molecule has 1 amide bonds. The summed E-state index contributed by atoms with van der Waals surface area (Å²) in [6, 6.07) is 5.35. The molecule has 108 valence electrons. The van der Waals surface area contributed by atoms with Crippen molar-refractivity contribution in [2.45, 2.75) is 19.3 Å². The lowest BCUT2D eigenvalue weighted by atomic mass is 10.3. The van der Waals surface area contributed by atoms with Crippen molar-refractivity contribution in [1.82, 2.24) is 5.32 Å². The molecule has 1 aromatic rings. The van der Waals surface area contributed by atoms with Crippen LogP contribution < -0.4 is 10.3 Å². The van der Waals surface area contributed by atoms with E-state index in [4.69, 9.17) is 23.2 Å². The summed E-state index contributed by atoms with van der Waals surface area (Å²) in [7, 11) is 0. The van der Waals surface area contributed by atoms with Crippen molar-refractivity contribution in [3.63, 3.8) is 0 Å². The Bertz CT molecular complexity index is 536. The highest BCUT2D eigenvalue weighted by molar-refractivity contribution is 7.80. The van der Waals surface area contributed by atoms with E-state index in [1.165, 1.54) is 0 Å². The predicted molar refractivity (Wildman–Crippen MR) is 87.1 cm³/mol. The van der Waals surface area contributed by atoms with Crippen LogP contribution in [-0.4, -0.2) is 24.0 Å². The smallest absolute Gasteiger partial charge is 0.225 e. The van der Waals surface area contributed by atoms with Crippen molar-refractivity contribution in [1.29, 1.82) is 0 Å². The molecule has 0 aliphatic carbocycles. The monoisotopic (exact) mass is 331 g/mol. The minimum Gasteiger partial charge on any atom is -0.313 e. The molecule has 0 unspecified atom stereocenters. The summed E-state index contributed by atoms with van der Waals surface area (Å²) in [6.07, 6.45) is 1.93. The van der Waals surface area contributed by atoms with Crippen LogP contribution in [-0.2, 0) is 4.79 Å². The molecule has 0 saturated carbocycles. The Morgan fingerprint density at radius 3 is 2.90 bits per heavy atom. The Morgan fingerprint density at radius 2 is 2.20 bits per heavy atom. The van der Waals surface area contributed by atoms with Gasteiger partial charge in [-0.15, -0.1) is 0 Å². The van der Waals surface area contributed by atoms with Crippen molar-refractivity contribution in [2.75, 3.05) is 17.3 Å². The van der Waals surface area contributed by atoms with E-state index in [0.717, 1.165) is 12.1 Å². The Hall–Kier alpha value is -0.910. The fourth-order valence-electron chi connectivity index (χ4n) is 1.84. The second-order valence-electron chi connectivity index (χ2n) is 4.39. The van der Waals surface area contributed by atoms with E-state index in [0.29, 0.717) is 41.0 Å². The third-order valence-corrected chi connectivity index (χ3v) is 3.90. The molecule has 1 aliphatic heterocycles. The molecule has 0 atom stereocenters. The summed E-state index contributed by atoms with van der Waals surface area (Å²) < 4.78 is 0. The van der Waals surface area contributed by atoms with Crippen molar-refractivity contribution in [3.05, 3.63) is 28.2 Å². The van der Waals surface area contributed by atoms with Gasteiger partial charge in [-0.2, -0.15) is 17.7 Å². The highest BCUT2D eigenvalue weighted by Gasteiger charge is 2.18. The van der Waals surface area contributed by atoms with Gasteiger partial charge in [0.1, 0.15) is 5.84 Å². The Balaban J connectivity index is 1.99. The quantitative estimate of drug-likeness (QED) is 0.831. The zero-order chi connectivity index (χ0) is 14.5. The summed E-state index contributed by atoms with van der Waals surface area (Å²) in [4.78, 5) is 11.6. The number of hydrazone groups is 1. The van der Waals surface area contributed by atoms with Gasteiger partial charge in [-0.3, -0.25) is 9.80 Å². The molecule has 1 aromatic carbocycles. The maximum atomic E-state index is 11.6. The first-order chi connectivity index (χ1) is 9.60. The summed E-state index contributed by atoms with van der Waals surface area (Å²) >= 11 is 16.0. The van der Waals surface area contributed by atoms with Gasteiger partial charge in [-0.05, 0) is 30.4 Å². The molecule has 1 N–H and O–H groups in total. The number of amides is 1. The Morgan fingerprint density at radius 1 is 1.40 bits per heavy atom. The van der Waals surface area contributed by atoms with Crippen LogP contribution in [0.15, 0.2) is 23.3 Å². The van der Waals surface area contributed by atoms with Gasteiger partial charge in [-0.1, -0.05) is 23.2 Å². The number of nitrogens with zero attached hydrogens (tertiary/aromatic N) is 2. The molecule has 2 rings (SSSR count). The van der Waals surface area contributed by atoms with E-state index in [-0.39, 0.29) is 5.91 Å². The largest absolute Gasteiger partial charge is 0.313 e. The maximum absolute atomic E-state index is 11.6. The minimum atomic E-state index is -0.0196. The lowest BCUT2D eigenvalue weighted by Crippen LogP contribution is -2.29. The number of carbonyl (C=O) groups excluding carboxylic acids is 1. The summed E-state index contributed by atoms with van der Waals surface area (Å²) in [5.41, 5.74) is 0.860. The fraction of sp³-hybridized carbons (Fsp3) is 0.385. The van der Waals surface area contributed by atoms with Gasteiger partial charge in [0.05, 0.1) is 15.7 Å². The van der Waals surface area contributed by atoms with Gasteiger partial charge in [0, 0.05) is 19.4 Å². The van der Waals surface area contributed by atoms with Crippen molar-refractivity contribution >= 4 is 53.3 Å². The molecule has 0 saturated heterocycles. The van der Waals surface area contributed by atoms with Gasteiger partial charge < -0.3 is 5.32 Å². The summed E-state index contributed by atoms with van der Waals surface area (Å²) in [5.74, 6) is 1.36. The molecule has 7 heteroatoms. The lowest BCUT2D eigenvalue weighted by molar-refractivity contribution is -0.119. The molecule has 0 fully saturated rings. The molecule has 20 heavy (non-hydrogen) atoms. The van der Waals surface area contributed by atoms with E-state index in [1.54, 1.807) is 17.1 Å². The number of nitrogens with one attached hydrogen (secondary N) is 1. The lowest BCUT2D eigenvalue weighted by Gasteiger charge is -2.13. The van der Waals surface area contributed by atoms with Crippen molar-refractivity contribution < 1.29 is 4.79 Å². The molecule has 4 nitrogen and oxygen atoms in total. The molecule has 1 aliphatic rings. The summed E-state index contributed by atoms with van der Waals surface area (Å²) in [6.45, 7) is 0.708. The molecule has 0 bridgehead atoms. The number of rotatable bonds is 4. The van der Waals surface area contributed by atoms with Crippen LogP contribution in [0.3, 0.4) is 0 Å². The van der Waals surface area contributed by atoms with E-state index in [9.17, 15) is 4.79 Å². The van der Waals surface area contributed by atoms with Crippen LogP contribution in [0.4, 0.5) is 5.69 Å². The molecular formula is C13H15Cl2N3OS. The number of amidine groups is 1. The number of anilines is 1. The number of halogens is 2. The first-order valence-electron chi connectivity index (χ1n) is 6.31. The van der Waals surface area contributed by atoms with Gasteiger partial charge in [0.15, 0.2) is 0 Å². The highest BCUT2D eigenvalue weighted by atomic mass is 35.5. The standard InChI is InChI=1S/C13H15Cl2N3OS/c14-10-4-3-9(8-11(10)15)18-6-5-12(17-18)16-13(19)2-1-7-20/h3-4,8,20H,1-2,5-7H2,(H,16,17,19). The van der Waals surface area contributed by atoms with Crippen LogP contribution in [0, 0.1) is 0 Å². The van der Waals surface area contributed by atoms with Crippen LogP contribution in [0.1, 0.15) is 19.3 Å². The zero-order valence-corrected chi connectivity index (χ0v) is 13.2. The van der Waals surface area contributed by atoms with E-state index in [2.05, 4.69) is 23.0 Å². The van der Waals surface area contributed by atoms with Crippen molar-refractivity contribution in [3.8, 4) is 0 Å². The first-order valence-corrected chi connectivity index (χ1v) is 7.70. The third kappa shape index (κ3) is 4.04. The van der Waals surface area contributed by atoms with Crippen molar-refractivity contribution in [2.24, 2.45) is 5.10 Å². The topological polar surface area (TPSA) is 44.7 Å². The number of hydrogen-bond acceptors (Lipinski definition) is 4. The summed E-state index contributed by atoms with van der Waals surface area (Å²) in [5, 5.41) is 10.00. The molecule has 0 spiro atoms. The molecular weight excluding hydrogens is 317 g/mol. The number of thiol groups is 1. The Labute approximate surface area is 133 Å². The van der Waals surface area contributed by atoms with Crippen LogP contribution in [0.5, 0.6) is 0 Å². The fourth-order valence-corrected chi connectivity index (χ4v) is 2.29. The Kier molecular flexibility index (Phi) is 5.57. The highest BCUT2D eigenvalue weighted by Crippen LogP contribution is 2.28. The SMILES string of the molecule is O=C(CCCS)NC1=NN(c2ccc(Cl)c(Cl)c2)CC1. The normalized spacial score (nSPS) is 14.3. The third-order valence-electron chi connectivity index (χ3n) is 2.85. The van der Waals surface area contributed by atoms with Gasteiger partial charge in [0.2, 0.25) is 5.91 Å².